The van der Waals surface area contributed by atoms with E-state index >= 15 is 0 Å². The number of nitrogens with zero attached hydrogens (tertiary/aromatic N) is 2. The van der Waals surface area contributed by atoms with Crippen LogP contribution in [0.1, 0.15) is 27.2 Å². The molecule has 0 saturated carbocycles. The Labute approximate surface area is 152 Å². The molecule has 5 nitrogen and oxygen atoms in total. The molecule has 2 aromatic rings. The van der Waals surface area contributed by atoms with Crippen LogP contribution in [-0.4, -0.2) is 41.7 Å². The summed E-state index contributed by atoms with van der Waals surface area (Å²) in [6.07, 6.45) is -3.35. The Hall–Kier alpha value is -2.13. The molecule has 1 amide bonds. The minimum Gasteiger partial charge on any atom is -0.492 e. The number of amides is 1. The largest absolute Gasteiger partial charge is 0.492 e. The highest BCUT2D eigenvalue weighted by atomic mass is 32.1. The van der Waals surface area contributed by atoms with Gasteiger partial charge < -0.3 is 4.74 Å². The first kappa shape index (κ1) is 18.7. The zero-order chi connectivity index (χ0) is 18.7. The number of carbonyl (C=O) groups is 1. The minimum atomic E-state index is -4.17. The number of ether oxygens (including phenoxy) is 1. The molecule has 0 atom stereocenters. The van der Waals surface area contributed by atoms with Crippen LogP contribution in [-0.2, 0) is 6.54 Å². The van der Waals surface area contributed by atoms with E-state index in [1.807, 2.05) is 6.92 Å². The molecule has 1 N–H and O–H groups in total. The SMILES string of the molecule is Cc1cnc(NC(=O)c2ccc3c(c2)OCCN(CCC(F)(F)F)C3)s1. The van der Waals surface area contributed by atoms with Crippen LogP contribution >= 0.6 is 11.3 Å². The number of fused-ring (bicyclic) bond motifs is 1. The number of alkyl halides is 3. The number of nitrogens with one attached hydrogen (secondary N) is 1. The number of carbonyl (C=O) groups excluding carboxylic acids is 1. The van der Waals surface area contributed by atoms with Gasteiger partial charge in [0.1, 0.15) is 12.4 Å². The second kappa shape index (κ2) is 7.63. The van der Waals surface area contributed by atoms with Crippen molar-refractivity contribution in [2.45, 2.75) is 26.1 Å². The summed E-state index contributed by atoms with van der Waals surface area (Å²) < 4.78 is 42.9. The Morgan fingerprint density at radius 3 is 2.92 bits per heavy atom. The zero-order valence-electron chi connectivity index (χ0n) is 14.1. The lowest BCUT2D eigenvalue weighted by atomic mass is 10.1. The maximum Gasteiger partial charge on any atom is 0.390 e. The third-order valence-electron chi connectivity index (χ3n) is 3.94. The van der Waals surface area contributed by atoms with E-state index in [0.29, 0.717) is 29.5 Å². The van der Waals surface area contributed by atoms with Gasteiger partial charge in [-0.15, -0.1) is 11.3 Å². The van der Waals surface area contributed by atoms with Crippen LogP contribution in [0.3, 0.4) is 0 Å². The molecule has 0 unspecified atom stereocenters. The fourth-order valence-corrected chi connectivity index (χ4v) is 3.28. The molecule has 1 aliphatic heterocycles. The van der Waals surface area contributed by atoms with E-state index < -0.39 is 12.6 Å². The number of rotatable bonds is 4. The van der Waals surface area contributed by atoms with Gasteiger partial charge in [0.05, 0.1) is 6.42 Å². The van der Waals surface area contributed by atoms with Gasteiger partial charge >= 0.3 is 6.18 Å². The van der Waals surface area contributed by atoms with Crippen LogP contribution in [0.2, 0.25) is 0 Å². The second-order valence-corrected chi connectivity index (χ2v) is 7.28. The van der Waals surface area contributed by atoms with Crippen LogP contribution in [0, 0.1) is 6.92 Å². The Balaban J connectivity index is 1.68. The lowest BCUT2D eigenvalue weighted by Crippen LogP contribution is -2.29. The molecule has 2 heterocycles. The summed E-state index contributed by atoms with van der Waals surface area (Å²) in [7, 11) is 0. The lowest BCUT2D eigenvalue weighted by molar-refractivity contribution is -0.138. The van der Waals surface area contributed by atoms with Gasteiger partial charge in [0.25, 0.3) is 5.91 Å². The predicted octanol–water partition coefficient (Wildman–Crippen LogP) is 3.85. The molecule has 0 aliphatic carbocycles. The molecule has 0 fully saturated rings. The Morgan fingerprint density at radius 2 is 2.23 bits per heavy atom. The fraction of sp³-hybridized carbons (Fsp3) is 0.412. The van der Waals surface area contributed by atoms with Gasteiger partial charge in [-0.1, -0.05) is 6.07 Å². The molecule has 3 rings (SSSR count). The molecule has 1 aromatic carbocycles. The summed E-state index contributed by atoms with van der Waals surface area (Å²) in [5.41, 5.74) is 1.19. The molecule has 9 heteroatoms. The summed E-state index contributed by atoms with van der Waals surface area (Å²) in [6, 6.07) is 4.99. The second-order valence-electron chi connectivity index (χ2n) is 6.04. The van der Waals surface area contributed by atoms with Crippen LogP contribution in [0.15, 0.2) is 24.4 Å². The number of aromatic nitrogens is 1. The summed E-state index contributed by atoms with van der Waals surface area (Å²) in [5.74, 6) is 0.228. The molecule has 1 aromatic heterocycles. The molecule has 0 spiro atoms. The van der Waals surface area contributed by atoms with E-state index in [0.717, 1.165) is 10.4 Å². The Morgan fingerprint density at radius 1 is 1.42 bits per heavy atom. The van der Waals surface area contributed by atoms with Crippen molar-refractivity contribution in [3.05, 3.63) is 40.4 Å². The maximum atomic E-state index is 12.4. The molecular weight excluding hydrogens is 367 g/mol. The van der Waals surface area contributed by atoms with Gasteiger partial charge in [0.2, 0.25) is 0 Å². The smallest absolute Gasteiger partial charge is 0.390 e. The zero-order valence-corrected chi connectivity index (χ0v) is 14.9. The van der Waals surface area contributed by atoms with Gasteiger partial charge in [-0.3, -0.25) is 15.0 Å². The summed E-state index contributed by atoms with van der Waals surface area (Å²) >= 11 is 1.38. The van der Waals surface area contributed by atoms with E-state index in [9.17, 15) is 18.0 Å². The molecule has 0 saturated heterocycles. The van der Waals surface area contributed by atoms with Crippen molar-refractivity contribution in [1.29, 1.82) is 0 Å². The first-order valence-corrected chi connectivity index (χ1v) is 8.90. The Kier molecular flexibility index (Phi) is 5.47. The molecule has 1 aliphatic rings. The normalized spacial score (nSPS) is 15.1. The molecule has 0 bridgehead atoms. The lowest BCUT2D eigenvalue weighted by Gasteiger charge is -2.20. The monoisotopic (exact) mass is 385 g/mol. The van der Waals surface area contributed by atoms with Gasteiger partial charge in [-0.2, -0.15) is 13.2 Å². The minimum absolute atomic E-state index is 0.0715. The third kappa shape index (κ3) is 4.95. The van der Waals surface area contributed by atoms with Crippen LogP contribution in [0.4, 0.5) is 18.3 Å². The van der Waals surface area contributed by atoms with Gasteiger partial charge in [0.15, 0.2) is 5.13 Å². The number of benzene rings is 1. The fourth-order valence-electron chi connectivity index (χ4n) is 2.62. The number of halogens is 3. The molecule has 0 radical (unpaired) electrons. The van der Waals surface area contributed by atoms with Crippen molar-refractivity contribution in [3.63, 3.8) is 0 Å². The highest BCUT2D eigenvalue weighted by Crippen LogP contribution is 2.27. The van der Waals surface area contributed by atoms with E-state index in [1.165, 1.54) is 11.3 Å². The van der Waals surface area contributed by atoms with Gasteiger partial charge in [-0.05, 0) is 19.1 Å². The molecule has 26 heavy (non-hydrogen) atoms. The van der Waals surface area contributed by atoms with Crippen molar-refractivity contribution in [3.8, 4) is 5.75 Å². The Bertz CT molecular complexity index is 792. The number of aryl methyl sites for hydroxylation is 1. The van der Waals surface area contributed by atoms with Gasteiger partial charge in [-0.25, -0.2) is 4.98 Å². The first-order chi connectivity index (χ1) is 12.3. The summed E-state index contributed by atoms with van der Waals surface area (Å²) in [6.45, 7) is 2.87. The van der Waals surface area contributed by atoms with E-state index in [2.05, 4.69) is 10.3 Å². The van der Waals surface area contributed by atoms with Crippen molar-refractivity contribution in [2.24, 2.45) is 0 Å². The topological polar surface area (TPSA) is 54.5 Å². The summed E-state index contributed by atoms with van der Waals surface area (Å²) in [5, 5.41) is 3.24. The number of hydrogen-bond donors (Lipinski definition) is 1. The van der Waals surface area contributed by atoms with Crippen molar-refractivity contribution in [2.75, 3.05) is 25.0 Å². The standard InChI is InChI=1S/C17H18F3N3O2S/c1-11-9-21-16(26-11)22-15(24)12-2-3-13-10-23(5-4-17(18,19)20)6-7-25-14(13)8-12/h2-3,8-9H,4-7,10H2,1H3,(H,21,22,24). The predicted molar refractivity (Wildman–Crippen MR) is 92.7 cm³/mol. The quantitative estimate of drug-likeness (QED) is 0.869. The number of hydrogen-bond acceptors (Lipinski definition) is 5. The highest BCUT2D eigenvalue weighted by Gasteiger charge is 2.28. The number of thiazole rings is 1. The van der Waals surface area contributed by atoms with Gasteiger partial charge in [0, 0.05) is 41.8 Å². The van der Waals surface area contributed by atoms with Crippen LogP contribution in [0.5, 0.6) is 5.75 Å². The summed E-state index contributed by atoms with van der Waals surface area (Å²) in [4.78, 5) is 19.1. The molecule has 140 valence electrons. The van der Waals surface area contributed by atoms with Crippen molar-refractivity contribution in [1.82, 2.24) is 9.88 Å². The van der Waals surface area contributed by atoms with E-state index in [4.69, 9.17) is 4.74 Å². The average Bonchev–Trinajstić information content (AvgIpc) is 2.86. The van der Waals surface area contributed by atoms with E-state index in [1.54, 1.807) is 29.3 Å². The maximum absolute atomic E-state index is 12.4. The van der Waals surface area contributed by atoms with Crippen LogP contribution < -0.4 is 10.1 Å². The molecular formula is C17H18F3N3O2S. The van der Waals surface area contributed by atoms with Crippen LogP contribution in [0.25, 0.3) is 0 Å². The number of anilines is 1. The first-order valence-electron chi connectivity index (χ1n) is 8.09. The van der Waals surface area contributed by atoms with Crippen molar-refractivity contribution < 1.29 is 22.7 Å². The van der Waals surface area contributed by atoms with Crippen molar-refractivity contribution >= 4 is 22.4 Å². The average molecular weight is 385 g/mol. The third-order valence-corrected chi connectivity index (χ3v) is 4.77. The highest BCUT2D eigenvalue weighted by molar-refractivity contribution is 7.15. The van der Waals surface area contributed by atoms with E-state index in [-0.39, 0.29) is 19.1 Å².